The molecule has 2 atom stereocenters. The molecule has 2 amide bonds. The summed E-state index contributed by atoms with van der Waals surface area (Å²) in [6, 6.07) is 26.1. The van der Waals surface area contributed by atoms with E-state index in [4.69, 9.17) is 10.5 Å². The topological polar surface area (TPSA) is 128 Å². The lowest BCUT2D eigenvalue weighted by atomic mass is 9.97. The molecule has 0 aliphatic heterocycles. The molecule has 0 bridgehead atoms. The molecule has 2 unspecified atom stereocenters. The predicted octanol–water partition coefficient (Wildman–Crippen LogP) is 3.73. The number of aromatic nitrogens is 2. The summed E-state index contributed by atoms with van der Waals surface area (Å²) in [5, 5.41) is 5.40. The number of nitrogens with two attached hydrogens (primary N) is 1. The van der Waals surface area contributed by atoms with Crippen molar-refractivity contribution in [3.63, 3.8) is 0 Å². The van der Waals surface area contributed by atoms with E-state index in [9.17, 15) is 14.4 Å². The largest absolute Gasteiger partial charge is 0.374 e. The van der Waals surface area contributed by atoms with Gasteiger partial charge in [-0.15, -0.1) is 0 Å². The van der Waals surface area contributed by atoms with E-state index < -0.39 is 29.4 Å². The van der Waals surface area contributed by atoms with Gasteiger partial charge >= 0.3 is 0 Å². The van der Waals surface area contributed by atoms with Gasteiger partial charge in [0.2, 0.25) is 5.91 Å². The van der Waals surface area contributed by atoms with Crippen LogP contribution in [-0.2, 0) is 20.9 Å². The fraction of sp³-hybridized carbons (Fsp3) is 0.226. The van der Waals surface area contributed by atoms with E-state index in [1.54, 1.807) is 36.7 Å². The quantitative estimate of drug-likeness (QED) is 0.235. The maximum atomic E-state index is 13.5. The van der Waals surface area contributed by atoms with Crippen LogP contribution in [0.5, 0.6) is 0 Å². The van der Waals surface area contributed by atoms with Crippen LogP contribution in [0.1, 0.15) is 41.4 Å². The molecule has 1 heterocycles. The van der Waals surface area contributed by atoms with Crippen molar-refractivity contribution in [3.8, 4) is 0 Å². The molecule has 0 radical (unpaired) electrons. The number of carbonyl (C=O) groups excluding carboxylic acids is 3. The Labute approximate surface area is 233 Å². The molecule has 1 aromatic heterocycles. The fourth-order valence-electron chi connectivity index (χ4n) is 4.01. The van der Waals surface area contributed by atoms with Gasteiger partial charge in [-0.2, -0.15) is 0 Å². The minimum absolute atomic E-state index is 0.0810. The number of ether oxygens (including phenoxy) is 1. The zero-order chi connectivity index (χ0) is 28.5. The van der Waals surface area contributed by atoms with E-state index in [-0.39, 0.29) is 24.8 Å². The zero-order valence-electron chi connectivity index (χ0n) is 22.5. The minimum Gasteiger partial charge on any atom is -0.374 e. The number of imidazole rings is 1. The number of nitrogens with one attached hydrogen (secondary N) is 2. The number of benzene rings is 3. The highest BCUT2D eigenvalue weighted by Gasteiger charge is 2.29. The third-order valence-electron chi connectivity index (χ3n) is 6.18. The Bertz CT molecular complexity index is 1420. The summed E-state index contributed by atoms with van der Waals surface area (Å²) in [6.07, 6.45) is 3.09. The van der Waals surface area contributed by atoms with Gasteiger partial charge < -0.3 is 25.7 Å². The summed E-state index contributed by atoms with van der Waals surface area (Å²) >= 11 is 0. The van der Waals surface area contributed by atoms with Crippen molar-refractivity contribution in [2.75, 3.05) is 11.9 Å². The standard InChI is InChI=1S/C31H33N5O4/c1-31(2,32)30(39)34-25(20-40-19-22-12-6-3-7-13-22)29(38)35-26-18-36(21-33-26)27(23-14-8-4-9-15-23)28(37)24-16-10-5-11-17-24/h3-18,21,25,27H,19-20,32H2,1-2H3,(H,34,39)(H,35,38). The third-order valence-corrected chi connectivity index (χ3v) is 6.18. The molecule has 0 saturated heterocycles. The second-order valence-corrected chi connectivity index (χ2v) is 9.99. The summed E-state index contributed by atoms with van der Waals surface area (Å²) < 4.78 is 7.40. The first-order valence-corrected chi connectivity index (χ1v) is 12.9. The second kappa shape index (κ2) is 13.0. The first-order chi connectivity index (χ1) is 19.2. The number of hydrogen-bond donors (Lipinski definition) is 3. The van der Waals surface area contributed by atoms with Crippen LogP contribution in [-0.4, -0.2) is 45.3 Å². The highest BCUT2D eigenvalue weighted by Crippen LogP contribution is 2.24. The smallest absolute Gasteiger partial charge is 0.250 e. The van der Waals surface area contributed by atoms with Crippen molar-refractivity contribution in [3.05, 3.63) is 120 Å². The van der Waals surface area contributed by atoms with Gasteiger partial charge in [0.15, 0.2) is 11.6 Å². The first-order valence-electron chi connectivity index (χ1n) is 12.9. The van der Waals surface area contributed by atoms with Crippen LogP contribution in [0.2, 0.25) is 0 Å². The summed E-state index contributed by atoms with van der Waals surface area (Å²) in [4.78, 5) is 43.7. The SMILES string of the molecule is CC(C)(N)C(=O)NC(COCc1ccccc1)C(=O)Nc1cn(C(C(=O)c2ccccc2)c2ccccc2)cn1. The lowest BCUT2D eigenvalue weighted by molar-refractivity contribution is -0.130. The Morgan fingerprint density at radius 1 is 0.925 bits per heavy atom. The van der Waals surface area contributed by atoms with Gasteiger partial charge in [0.05, 0.1) is 25.1 Å². The molecule has 0 spiro atoms. The lowest BCUT2D eigenvalue weighted by Gasteiger charge is -2.23. The Hall–Kier alpha value is -4.60. The molecule has 0 saturated carbocycles. The number of rotatable bonds is 12. The highest BCUT2D eigenvalue weighted by molar-refractivity contribution is 6.01. The van der Waals surface area contributed by atoms with Gasteiger partial charge in [0.25, 0.3) is 5.91 Å². The van der Waals surface area contributed by atoms with Crippen molar-refractivity contribution in [1.82, 2.24) is 14.9 Å². The van der Waals surface area contributed by atoms with Gasteiger partial charge in [0.1, 0.15) is 12.1 Å². The summed E-state index contributed by atoms with van der Waals surface area (Å²) in [5.41, 5.74) is 7.00. The van der Waals surface area contributed by atoms with Crippen molar-refractivity contribution < 1.29 is 19.1 Å². The van der Waals surface area contributed by atoms with Crippen LogP contribution in [0.3, 0.4) is 0 Å². The van der Waals surface area contributed by atoms with E-state index >= 15 is 0 Å². The molecule has 0 fully saturated rings. The van der Waals surface area contributed by atoms with Gasteiger partial charge in [-0.05, 0) is 25.0 Å². The molecular weight excluding hydrogens is 506 g/mol. The normalized spacial score (nSPS) is 12.8. The number of amides is 2. The van der Waals surface area contributed by atoms with Crippen molar-refractivity contribution in [2.45, 2.75) is 38.1 Å². The molecule has 9 heteroatoms. The summed E-state index contributed by atoms with van der Waals surface area (Å²) in [5.74, 6) is -0.923. The number of Topliss-reactive ketones (excluding diaryl/α,β-unsaturated/α-hetero) is 1. The highest BCUT2D eigenvalue weighted by atomic mass is 16.5. The second-order valence-electron chi connectivity index (χ2n) is 9.99. The number of ketones is 1. The molecule has 40 heavy (non-hydrogen) atoms. The van der Waals surface area contributed by atoms with E-state index in [0.29, 0.717) is 5.56 Å². The van der Waals surface area contributed by atoms with Gasteiger partial charge in [-0.1, -0.05) is 91.0 Å². The summed E-state index contributed by atoms with van der Waals surface area (Å²) in [6.45, 7) is 3.29. The van der Waals surface area contributed by atoms with Crippen LogP contribution in [0.4, 0.5) is 5.82 Å². The average Bonchev–Trinajstić information content (AvgIpc) is 3.41. The number of hydrogen-bond acceptors (Lipinski definition) is 6. The van der Waals surface area contributed by atoms with Crippen LogP contribution in [0, 0.1) is 0 Å². The Morgan fingerprint density at radius 2 is 1.52 bits per heavy atom. The Morgan fingerprint density at radius 3 is 2.15 bits per heavy atom. The van der Waals surface area contributed by atoms with Gasteiger partial charge in [-0.25, -0.2) is 4.98 Å². The number of carbonyl (C=O) groups is 3. The molecule has 0 aliphatic carbocycles. The van der Waals surface area contributed by atoms with E-state index in [1.165, 1.54) is 6.33 Å². The van der Waals surface area contributed by atoms with E-state index in [2.05, 4.69) is 15.6 Å². The Balaban J connectivity index is 1.52. The maximum absolute atomic E-state index is 13.5. The van der Waals surface area contributed by atoms with Gasteiger partial charge in [-0.3, -0.25) is 14.4 Å². The van der Waals surface area contributed by atoms with E-state index in [1.807, 2.05) is 78.9 Å². The minimum atomic E-state index is -1.19. The number of nitrogens with zero attached hydrogens (tertiary/aromatic N) is 2. The van der Waals surface area contributed by atoms with Crippen molar-refractivity contribution in [1.29, 1.82) is 0 Å². The van der Waals surface area contributed by atoms with Crippen LogP contribution >= 0.6 is 0 Å². The fourth-order valence-corrected chi connectivity index (χ4v) is 4.01. The molecule has 0 aliphatic rings. The first kappa shape index (κ1) is 28.4. The van der Waals surface area contributed by atoms with Crippen molar-refractivity contribution >= 4 is 23.4 Å². The van der Waals surface area contributed by atoms with Crippen LogP contribution in [0.25, 0.3) is 0 Å². The molecule has 3 aromatic carbocycles. The van der Waals surface area contributed by atoms with E-state index in [0.717, 1.165) is 11.1 Å². The molecule has 4 rings (SSSR count). The predicted molar refractivity (Wildman–Crippen MR) is 153 cm³/mol. The molecule has 4 aromatic rings. The monoisotopic (exact) mass is 539 g/mol. The molecule has 9 nitrogen and oxygen atoms in total. The molecule has 206 valence electrons. The molecule has 4 N–H and O–H groups in total. The Kier molecular flexibility index (Phi) is 9.21. The zero-order valence-corrected chi connectivity index (χ0v) is 22.5. The molecular formula is C31H33N5O4. The van der Waals surface area contributed by atoms with Crippen molar-refractivity contribution in [2.24, 2.45) is 5.73 Å². The third kappa shape index (κ3) is 7.49. The maximum Gasteiger partial charge on any atom is 0.250 e. The number of anilines is 1. The van der Waals surface area contributed by atoms with Crippen LogP contribution < -0.4 is 16.4 Å². The summed E-state index contributed by atoms with van der Waals surface area (Å²) in [7, 11) is 0. The van der Waals surface area contributed by atoms with Crippen LogP contribution in [0.15, 0.2) is 104 Å². The average molecular weight is 540 g/mol. The lowest BCUT2D eigenvalue weighted by Crippen LogP contribution is -2.56. The van der Waals surface area contributed by atoms with Gasteiger partial charge in [0, 0.05) is 11.8 Å².